The maximum Gasteiger partial charge on any atom is 0.226 e. The van der Waals surface area contributed by atoms with Gasteiger partial charge in [0, 0.05) is 7.05 Å². The lowest BCUT2D eigenvalue weighted by Crippen LogP contribution is -1.97. The van der Waals surface area contributed by atoms with Crippen LogP contribution in [0.5, 0.6) is 0 Å². The fraction of sp³-hybridized carbons (Fsp3) is 0.167. The van der Waals surface area contributed by atoms with E-state index < -0.39 is 0 Å². The largest absolute Gasteiger partial charge is 0.382 e. The predicted molar refractivity (Wildman–Crippen MR) is 45.7 cm³/mol. The molecule has 0 fully saturated rings. The third kappa shape index (κ3) is 0.902. The smallest absolute Gasteiger partial charge is 0.226 e. The van der Waals surface area contributed by atoms with Gasteiger partial charge in [-0.3, -0.25) is 0 Å². The summed E-state index contributed by atoms with van der Waals surface area (Å²) in [5.74, 6) is 0.352. The van der Waals surface area contributed by atoms with Gasteiger partial charge >= 0.3 is 0 Å². The molecule has 2 rings (SSSR count). The van der Waals surface area contributed by atoms with Gasteiger partial charge in [-0.05, 0) is 11.6 Å². The van der Waals surface area contributed by atoms with Crippen molar-refractivity contribution in [2.24, 2.45) is 7.05 Å². The molecule has 2 aromatic heterocycles. The van der Waals surface area contributed by atoms with Crippen LogP contribution in [-0.4, -0.2) is 19.5 Å². The second-order valence-electron chi connectivity index (χ2n) is 2.41. The number of nitrogen functional groups attached to an aromatic ring is 1. The zero-order chi connectivity index (χ0) is 8.72. The summed E-state index contributed by atoms with van der Waals surface area (Å²) < 4.78 is 1.75. The van der Waals surface area contributed by atoms with Gasteiger partial charge in [-0.2, -0.15) is 9.97 Å². The minimum Gasteiger partial charge on any atom is -0.382 e. The molecule has 0 spiro atoms. The van der Waals surface area contributed by atoms with Gasteiger partial charge < -0.3 is 10.3 Å². The summed E-state index contributed by atoms with van der Waals surface area (Å²) >= 11 is 5.58. The van der Waals surface area contributed by atoms with Crippen LogP contribution < -0.4 is 5.73 Å². The minimum atomic E-state index is 0.124. The van der Waals surface area contributed by atoms with Crippen LogP contribution in [0.4, 0.5) is 5.82 Å². The van der Waals surface area contributed by atoms with E-state index >= 15 is 0 Å². The molecule has 2 aromatic rings. The van der Waals surface area contributed by atoms with E-state index in [4.69, 9.17) is 17.3 Å². The maximum atomic E-state index is 5.61. The summed E-state index contributed by atoms with van der Waals surface area (Å²) in [6.07, 6.45) is 1.62. The molecule has 2 N–H and O–H groups in total. The molecular weight excluding hydrogens is 178 g/mol. The van der Waals surface area contributed by atoms with E-state index in [1.807, 2.05) is 7.05 Å². The third-order valence-corrected chi connectivity index (χ3v) is 1.74. The Morgan fingerprint density at radius 2 is 2.25 bits per heavy atom. The standard InChI is InChI=1S/C6H6ClN5/c1-12-2-9-5-3(12)4(8)10-6(7)11-5/h2H,1H3,(H2,8,10,11). The number of rotatable bonds is 0. The van der Waals surface area contributed by atoms with Crippen LogP contribution in [0.25, 0.3) is 11.2 Å². The lowest BCUT2D eigenvalue weighted by Gasteiger charge is -1.97. The molecule has 62 valence electrons. The molecule has 6 heteroatoms. The highest BCUT2D eigenvalue weighted by Crippen LogP contribution is 2.16. The summed E-state index contributed by atoms with van der Waals surface area (Å²) in [6, 6.07) is 0. The molecule has 0 aliphatic heterocycles. The van der Waals surface area contributed by atoms with Gasteiger partial charge in [-0.1, -0.05) is 0 Å². The number of aromatic nitrogens is 4. The van der Waals surface area contributed by atoms with E-state index in [0.29, 0.717) is 17.0 Å². The maximum absolute atomic E-state index is 5.61. The molecule has 0 saturated heterocycles. The van der Waals surface area contributed by atoms with Crippen molar-refractivity contribution in [2.75, 3.05) is 5.73 Å². The molecule has 0 radical (unpaired) electrons. The molecular formula is C6H6ClN5. The Kier molecular flexibility index (Phi) is 1.41. The van der Waals surface area contributed by atoms with Crippen molar-refractivity contribution in [1.29, 1.82) is 0 Å². The lowest BCUT2D eigenvalue weighted by atomic mass is 10.5. The van der Waals surface area contributed by atoms with E-state index in [0.717, 1.165) is 0 Å². The third-order valence-electron chi connectivity index (χ3n) is 1.57. The minimum absolute atomic E-state index is 0.124. The number of nitrogens with zero attached hydrogens (tertiary/aromatic N) is 4. The first kappa shape index (κ1) is 7.30. The zero-order valence-corrected chi connectivity index (χ0v) is 7.08. The Labute approximate surface area is 73.2 Å². The molecule has 0 aliphatic carbocycles. The van der Waals surface area contributed by atoms with Gasteiger partial charge in [0.1, 0.15) is 5.52 Å². The van der Waals surface area contributed by atoms with Gasteiger partial charge in [0.15, 0.2) is 11.5 Å². The van der Waals surface area contributed by atoms with Gasteiger partial charge in [0.25, 0.3) is 0 Å². The Hall–Kier alpha value is -1.36. The summed E-state index contributed by atoms with van der Waals surface area (Å²) in [7, 11) is 1.82. The number of fused-ring (bicyclic) bond motifs is 1. The van der Waals surface area contributed by atoms with Gasteiger partial charge in [-0.25, -0.2) is 4.98 Å². The summed E-state index contributed by atoms with van der Waals surface area (Å²) in [5, 5.41) is 0.124. The molecule has 12 heavy (non-hydrogen) atoms. The van der Waals surface area contributed by atoms with Gasteiger partial charge in [-0.15, -0.1) is 0 Å². The number of nitrogens with two attached hydrogens (primary N) is 1. The number of aryl methyl sites for hydroxylation is 1. The summed E-state index contributed by atoms with van der Waals surface area (Å²) in [4.78, 5) is 11.7. The van der Waals surface area contributed by atoms with Crippen LogP contribution in [0.2, 0.25) is 5.28 Å². The number of imidazole rings is 1. The zero-order valence-electron chi connectivity index (χ0n) is 6.32. The fourth-order valence-electron chi connectivity index (χ4n) is 1.06. The normalized spacial score (nSPS) is 10.8. The van der Waals surface area contributed by atoms with Crippen molar-refractivity contribution >= 4 is 28.6 Å². The molecule has 0 atom stereocenters. The number of hydrogen-bond donors (Lipinski definition) is 1. The van der Waals surface area contributed by atoms with Crippen molar-refractivity contribution < 1.29 is 0 Å². The van der Waals surface area contributed by atoms with Gasteiger partial charge in [0.2, 0.25) is 5.28 Å². The SMILES string of the molecule is Cn1cnc2nc(Cl)nc(N)c21. The van der Waals surface area contributed by atoms with Crippen LogP contribution in [0, 0.1) is 0 Å². The molecule has 0 aliphatic rings. The molecule has 0 aromatic carbocycles. The quantitative estimate of drug-likeness (QED) is 0.608. The first-order valence-corrected chi connectivity index (χ1v) is 3.66. The average molecular weight is 184 g/mol. The lowest BCUT2D eigenvalue weighted by molar-refractivity contribution is 0.946. The van der Waals surface area contributed by atoms with Crippen LogP contribution >= 0.6 is 11.6 Å². The topological polar surface area (TPSA) is 69.6 Å². The molecule has 2 heterocycles. The van der Waals surface area contributed by atoms with E-state index in [1.165, 1.54) is 0 Å². The van der Waals surface area contributed by atoms with Crippen molar-refractivity contribution in [3.8, 4) is 0 Å². The monoisotopic (exact) mass is 183 g/mol. The second-order valence-corrected chi connectivity index (χ2v) is 2.74. The summed E-state index contributed by atoms with van der Waals surface area (Å²) in [5.41, 5.74) is 6.84. The van der Waals surface area contributed by atoms with Crippen molar-refractivity contribution in [3.05, 3.63) is 11.6 Å². The van der Waals surface area contributed by atoms with Crippen LogP contribution in [0.1, 0.15) is 0 Å². The molecule has 0 amide bonds. The molecule has 0 bridgehead atoms. The average Bonchev–Trinajstić information content (AvgIpc) is 2.31. The molecule has 0 saturated carbocycles. The Bertz CT molecular complexity index is 435. The first-order chi connectivity index (χ1) is 5.68. The van der Waals surface area contributed by atoms with Crippen molar-refractivity contribution in [3.63, 3.8) is 0 Å². The second kappa shape index (κ2) is 2.31. The van der Waals surface area contributed by atoms with E-state index in [-0.39, 0.29) is 5.28 Å². The van der Waals surface area contributed by atoms with Crippen molar-refractivity contribution in [1.82, 2.24) is 19.5 Å². The van der Waals surface area contributed by atoms with Crippen LogP contribution in [0.3, 0.4) is 0 Å². The number of anilines is 1. The number of hydrogen-bond acceptors (Lipinski definition) is 4. The number of halogens is 1. The molecule has 0 unspecified atom stereocenters. The highest BCUT2D eigenvalue weighted by molar-refractivity contribution is 6.28. The van der Waals surface area contributed by atoms with Crippen LogP contribution in [0.15, 0.2) is 6.33 Å². The Morgan fingerprint density at radius 3 is 3.00 bits per heavy atom. The Balaban J connectivity index is 2.93. The fourth-order valence-corrected chi connectivity index (χ4v) is 1.23. The van der Waals surface area contributed by atoms with Crippen LogP contribution in [-0.2, 0) is 7.05 Å². The van der Waals surface area contributed by atoms with E-state index in [9.17, 15) is 0 Å². The van der Waals surface area contributed by atoms with Crippen molar-refractivity contribution in [2.45, 2.75) is 0 Å². The first-order valence-electron chi connectivity index (χ1n) is 3.28. The summed E-state index contributed by atoms with van der Waals surface area (Å²) in [6.45, 7) is 0. The Morgan fingerprint density at radius 1 is 1.50 bits per heavy atom. The highest BCUT2D eigenvalue weighted by Gasteiger charge is 2.07. The predicted octanol–water partition coefficient (Wildman–Crippen LogP) is 0.599. The van der Waals surface area contributed by atoms with Gasteiger partial charge in [0.05, 0.1) is 6.33 Å². The highest BCUT2D eigenvalue weighted by atomic mass is 35.5. The van der Waals surface area contributed by atoms with E-state index in [2.05, 4.69) is 15.0 Å². The molecule has 5 nitrogen and oxygen atoms in total. The van der Waals surface area contributed by atoms with E-state index in [1.54, 1.807) is 10.9 Å².